The molecular weight excluding hydrogens is 316 g/mol. The molecule has 0 saturated carbocycles. The van der Waals surface area contributed by atoms with Crippen LogP contribution in [0.4, 0.5) is 0 Å². The lowest BCUT2D eigenvalue weighted by atomic mass is 9.98. The molecule has 7 heteroatoms. The van der Waals surface area contributed by atoms with E-state index in [9.17, 15) is 13.2 Å². The monoisotopic (exact) mass is 340 g/mol. The maximum Gasteiger partial charge on any atom is 0.319 e. The summed E-state index contributed by atoms with van der Waals surface area (Å²) in [6.07, 6.45) is 1.92. The number of rotatable bonds is 7. The van der Waals surface area contributed by atoms with Crippen molar-refractivity contribution < 1.29 is 17.9 Å². The second-order valence-corrected chi connectivity index (χ2v) is 7.72. The molecule has 1 aromatic carbocycles. The van der Waals surface area contributed by atoms with Crippen LogP contribution in [0.3, 0.4) is 0 Å². The molecule has 1 atom stereocenters. The first-order valence-electron chi connectivity index (χ1n) is 7.79. The number of benzene rings is 1. The molecule has 0 radical (unpaired) electrons. The number of likely N-dealkylation sites (tertiary alicyclic amines) is 1. The Labute approximate surface area is 137 Å². The summed E-state index contributed by atoms with van der Waals surface area (Å²) in [5.41, 5.74) is 0.774. The van der Waals surface area contributed by atoms with E-state index in [0.717, 1.165) is 24.9 Å². The van der Waals surface area contributed by atoms with Gasteiger partial charge in [-0.3, -0.25) is 9.69 Å². The third-order valence-corrected chi connectivity index (χ3v) is 5.29. The predicted molar refractivity (Wildman–Crippen MR) is 88.2 cm³/mol. The van der Waals surface area contributed by atoms with Gasteiger partial charge >= 0.3 is 5.97 Å². The molecule has 0 bridgehead atoms. The summed E-state index contributed by atoms with van der Waals surface area (Å²) in [5.74, 6) is -0.0406. The molecule has 6 nitrogen and oxygen atoms in total. The first kappa shape index (κ1) is 17.9. The lowest BCUT2D eigenvalue weighted by Crippen LogP contribution is -2.43. The van der Waals surface area contributed by atoms with Gasteiger partial charge < -0.3 is 4.74 Å². The number of piperidine rings is 1. The SMILES string of the molecule is COC(=O)CN1CCC[C@@H](CNS(=O)(=O)Cc2ccccc2)C1. The average molecular weight is 340 g/mol. The zero-order valence-corrected chi connectivity index (χ0v) is 14.2. The van der Waals surface area contributed by atoms with Crippen molar-refractivity contribution in [3.8, 4) is 0 Å². The van der Waals surface area contributed by atoms with Gasteiger partial charge in [-0.25, -0.2) is 13.1 Å². The van der Waals surface area contributed by atoms with Gasteiger partial charge in [0.15, 0.2) is 0 Å². The summed E-state index contributed by atoms with van der Waals surface area (Å²) in [4.78, 5) is 13.4. The molecular formula is C16H24N2O4S. The minimum Gasteiger partial charge on any atom is -0.468 e. The second-order valence-electron chi connectivity index (χ2n) is 5.91. The minimum absolute atomic E-state index is 0.00751. The summed E-state index contributed by atoms with van der Waals surface area (Å²) in [7, 11) is -1.96. The molecule has 0 spiro atoms. The summed E-state index contributed by atoms with van der Waals surface area (Å²) >= 11 is 0. The fraction of sp³-hybridized carbons (Fsp3) is 0.562. The fourth-order valence-corrected chi connectivity index (χ4v) is 4.02. The lowest BCUT2D eigenvalue weighted by molar-refractivity contribution is -0.142. The number of carbonyl (C=O) groups is 1. The third-order valence-electron chi connectivity index (χ3n) is 3.97. The minimum atomic E-state index is -3.34. The number of nitrogens with zero attached hydrogens (tertiary/aromatic N) is 1. The molecule has 23 heavy (non-hydrogen) atoms. The predicted octanol–water partition coefficient (Wildman–Crippen LogP) is 0.991. The second kappa shape index (κ2) is 8.42. The molecule has 128 valence electrons. The van der Waals surface area contributed by atoms with Crippen LogP contribution < -0.4 is 4.72 Å². The smallest absolute Gasteiger partial charge is 0.319 e. The zero-order chi connectivity index (χ0) is 16.7. The highest BCUT2D eigenvalue weighted by Gasteiger charge is 2.23. The van der Waals surface area contributed by atoms with Crippen LogP contribution in [0.15, 0.2) is 30.3 Å². The molecule has 2 rings (SSSR count). The molecule has 1 saturated heterocycles. The van der Waals surface area contributed by atoms with Crippen molar-refractivity contribution in [3.05, 3.63) is 35.9 Å². The van der Waals surface area contributed by atoms with Crippen LogP contribution in [0.5, 0.6) is 0 Å². The summed E-state index contributed by atoms with van der Waals surface area (Å²) in [6, 6.07) is 9.13. The van der Waals surface area contributed by atoms with Crippen molar-refractivity contribution in [2.24, 2.45) is 5.92 Å². The van der Waals surface area contributed by atoms with Gasteiger partial charge in [0, 0.05) is 13.1 Å². The quantitative estimate of drug-likeness (QED) is 0.749. The Morgan fingerprint density at radius 1 is 1.35 bits per heavy atom. The van der Waals surface area contributed by atoms with Crippen molar-refractivity contribution in [1.29, 1.82) is 0 Å². The van der Waals surface area contributed by atoms with E-state index in [2.05, 4.69) is 9.46 Å². The van der Waals surface area contributed by atoms with Crippen molar-refractivity contribution in [3.63, 3.8) is 0 Å². The first-order valence-corrected chi connectivity index (χ1v) is 9.44. The fourth-order valence-electron chi connectivity index (χ4n) is 2.80. The van der Waals surface area contributed by atoms with Gasteiger partial charge in [0.2, 0.25) is 10.0 Å². The van der Waals surface area contributed by atoms with Crippen molar-refractivity contribution in [2.75, 3.05) is 33.3 Å². The van der Waals surface area contributed by atoms with Gasteiger partial charge in [-0.05, 0) is 30.9 Å². The largest absolute Gasteiger partial charge is 0.468 e. The maximum absolute atomic E-state index is 12.1. The van der Waals surface area contributed by atoms with Crippen molar-refractivity contribution in [2.45, 2.75) is 18.6 Å². The number of sulfonamides is 1. The van der Waals surface area contributed by atoms with Gasteiger partial charge in [-0.2, -0.15) is 0 Å². The standard InChI is InChI=1S/C16H24N2O4S/c1-22-16(19)12-18-9-5-8-15(11-18)10-17-23(20,21)13-14-6-3-2-4-7-14/h2-4,6-7,15,17H,5,8-13H2,1H3/t15-/m0/s1. The van der Waals surface area contributed by atoms with Crippen LogP contribution in [-0.2, 0) is 25.3 Å². The molecule has 1 fully saturated rings. The Kier molecular flexibility index (Phi) is 6.56. The molecule has 1 aromatic rings. The van der Waals surface area contributed by atoms with Gasteiger partial charge in [-0.1, -0.05) is 30.3 Å². The van der Waals surface area contributed by atoms with E-state index in [1.165, 1.54) is 7.11 Å². The topological polar surface area (TPSA) is 75.7 Å². The van der Waals surface area contributed by atoms with E-state index in [1.54, 1.807) is 12.1 Å². The Morgan fingerprint density at radius 3 is 2.78 bits per heavy atom. The first-order chi connectivity index (χ1) is 11.0. The molecule has 0 aromatic heterocycles. The van der Waals surface area contributed by atoms with Crippen LogP contribution in [0.2, 0.25) is 0 Å². The summed E-state index contributed by atoms with van der Waals surface area (Å²) in [5, 5.41) is 0. The molecule has 0 amide bonds. The highest BCUT2D eigenvalue weighted by atomic mass is 32.2. The van der Waals surface area contributed by atoms with Gasteiger partial charge in [0.1, 0.15) is 0 Å². The number of esters is 1. The highest BCUT2D eigenvalue weighted by Crippen LogP contribution is 2.16. The molecule has 1 aliphatic rings. The average Bonchev–Trinajstić information content (AvgIpc) is 2.54. The number of hydrogen-bond acceptors (Lipinski definition) is 5. The van der Waals surface area contributed by atoms with Crippen LogP contribution in [-0.4, -0.2) is 52.6 Å². The molecule has 0 unspecified atom stereocenters. The summed E-state index contributed by atoms with van der Waals surface area (Å²) < 4.78 is 31.7. The van der Waals surface area contributed by atoms with Crippen LogP contribution >= 0.6 is 0 Å². The lowest BCUT2D eigenvalue weighted by Gasteiger charge is -2.31. The zero-order valence-electron chi connectivity index (χ0n) is 13.4. The summed E-state index contributed by atoms with van der Waals surface area (Å²) in [6.45, 7) is 2.24. The van der Waals surface area contributed by atoms with Crippen molar-refractivity contribution >= 4 is 16.0 Å². The molecule has 0 aliphatic carbocycles. The van der Waals surface area contributed by atoms with Gasteiger partial charge in [0.05, 0.1) is 19.4 Å². The number of nitrogens with one attached hydrogen (secondary N) is 1. The van der Waals surface area contributed by atoms with E-state index in [1.807, 2.05) is 23.1 Å². The molecule has 1 heterocycles. The highest BCUT2D eigenvalue weighted by molar-refractivity contribution is 7.88. The normalized spacial score (nSPS) is 19.4. The number of carbonyl (C=O) groups excluding carboxylic acids is 1. The Hall–Kier alpha value is -1.44. The van der Waals surface area contributed by atoms with Crippen LogP contribution in [0, 0.1) is 5.92 Å². The van der Waals surface area contributed by atoms with Crippen LogP contribution in [0.25, 0.3) is 0 Å². The van der Waals surface area contributed by atoms with E-state index >= 15 is 0 Å². The van der Waals surface area contributed by atoms with E-state index in [0.29, 0.717) is 13.1 Å². The van der Waals surface area contributed by atoms with Crippen LogP contribution in [0.1, 0.15) is 18.4 Å². The number of ether oxygens (including phenoxy) is 1. The van der Waals surface area contributed by atoms with Crippen molar-refractivity contribution in [1.82, 2.24) is 9.62 Å². The molecule has 1 N–H and O–H groups in total. The van der Waals surface area contributed by atoms with E-state index in [4.69, 9.17) is 0 Å². The van der Waals surface area contributed by atoms with Gasteiger partial charge in [0.25, 0.3) is 0 Å². The third kappa shape index (κ3) is 6.29. The van der Waals surface area contributed by atoms with Gasteiger partial charge in [-0.15, -0.1) is 0 Å². The number of methoxy groups -OCH3 is 1. The Balaban J connectivity index is 1.81. The Bertz CT molecular complexity index is 604. The number of hydrogen-bond donors (Lipinski definition) is 1. The van der Waals surface area contributed by atoms with E-state index in [-0.39, 0.29) is 24.2 Å². The maximum atomic E-state index is 12.1. The Morgan fingerprint density at radius 2 is 2.09 bits per heavy atom. The molecule has 1 aliphatic heterocycles. The van der Waals surface area contributed by atoms with E-state index < -0.39 is 10.0 Å².